The Bertz CT molecular complexity index is 1400. The average Bonchev–Trinajstić information content (AvgIpc) is 3.25. The minimum atomic E-state index is -0.678. The number of hydrogen-bond donors (Lipinski definition) is 1. The summed E-state index contributed by atoms with van der Waals surface area (Å²) in [6, 6.07) is 4.52. The number of nitrogens with one attached hydrogen (secondary N) is 1. The number of H-pyrrole nitrogens is 1. The smallest absolute Gasteiger partial charge is 0.349 e. The van der Waals surface area contributed by atoms with E-state index >= 15 is 0 Å². The number of aryl methyl sites for hydroxylation is 2. The van der Waals surface area contributed by atoms with Crippen LogP contribution in [0.5, 0.6) is 0 Å². The van der Waals surface area contributed by atoms with Crippen molar-refractivity contribution < 1.29 is 23.5 Å². The fraction of sp³-hybridized carbons (Fsp3) is 0.238. The molecule has 0 fully saturated rings. The highest BCUT2D eigenvalue weighted by Crippen LogP contribution is 2.35. The van der Waals surface area contributed by atoms with Crippen LogP contribution in [0.1, 0.15) is 43.2 Å². The lowest BCUT2D eigenvalue weighted by atomic mass is 10.1. The molecule has 4 aromatic rings. The van der Waals surface area contributed by atoms with Crippen LogP contribution in [0.4, 0.5) is 4.39 Å². The molecule has 0 saturated heterocycles. The van der Waals surface area contributed by atoms with E-state index in [1.54, 1.807) is 32.9 Å². The van der Waals surface area contributed by atoms with Crippen molar-refractivity contribution >= 4 is 54.9 Å². The van der Waals surface area contributed by atoms with E-state index in [9.17, 15) is 18.8 Å². The van der Waals surface area contributed by atoms with Crippen LogP contribution in [0.3, 0.4) is 0 Å². The number of carbonyl (C=O) groups excluding carboxylic acids is 2. The van der Waals surface area contributed by atoms with Gasteiger partial charge in [-0.2, -0.15) is 0 Å². The molecule has 31 heavy (non-hydrogen) atoms. The van der Waals surface area contributed by atoms with Gasteiger partial charge in [0.15, 0.2) is 0 Å². The Balaban J connectivity index is 1.70. The fourth-order valence-electron chi connectivity index (χ4n) is 3.32. The first-order chi connectivity index (χ1) is 14.8. The van der Waals surface area contributed by atoms with E-state index in [-0.39, 0.29) is 39.5 Å². The van der Waals surface area contributed by atoms with Crippen molar-refractivity contribution in [3.63, 3.8) is 0 Å². The number of rotatable bonds is 5. The van der Waals surface area contributed by atoms with E-state index in [0.717, 1.165) is 22.7 Å². The highest BCUT2D eigenvalue weighted by molar-refractivity contribution is 7.21. The van der Waals surface area contributed by atoms with Gasteiger partial charge < -0.3 is 14.5 Å². The maximum Gasteiger partial charge on any atom is 0.349 e. The van der Waals surface area contributed by atoms with Gasteiger partial charge in [0.25, 0.3) is 5.56 Å². The molecule has 3 aromatic heterocycles. The Labute approximate surface area is 183 Å². The topological polar surface area (TPSA) is 98.3 Å². The van der Waals surface area contributed by atoms with E-state index in [1.807, 2.05) is 0 Å². The zero-order valence-electron chi connectivity index (χ0n) is 16.8. The highest BCUT2D eigenvalue weighted by Gasteiger charge is 2.25. The largest absolute Gasteiger partial charge is 0.462 e. The predicted octanol–water partition coefficient (Wildman–Crippen LogP) is 4.49. The van der Waals surface area contributed by atoms with Gasteiger partial charge in [0.05, 0.1) is 12.0 Å². The van der Waals surface area contributed by atoms with Gasteiger partial charge in [0, 0.05) is 15.6 Å². The van der Waals surface area contributed by atoms with E-state index in [0.29, 0.717) is 26.3 Å². The number of hydrogen-bond acceptors (Lipinski definition) is 8. The third-order valence-corrected chi connectivity index (χ3v) is 7.02. The number of fused-ring (bicyclic) bond motifs is 2. The Hall–Kier alpha value is -3.11. The van der Waals surface area contributed by atoms with E-state index in [4.69, 9.17) is 9.47 Å². The van der Waals surface area contributed by atoms with Gasteiger partial charge in [0.2, 0.25) is 0 Å². The molecule has 0 atom stereocenters. The number of aromatic amines is 1. The lowest BCUT2D eigenvalue weighted by Gasteiger charge is -2.07. The van der Waals surface area contributed by atoms with Crippen molar-refractivity contribution in [1.29, 1.82) is 0 Å². The zero-order valence-corrected chi connectivity index (χ0v) is 18.5. The maximum absolute atomic E-state index is 14.5. The van der Waals surface area contributed by atoms with Gasteiger partial charge in [-0.1, -0.05) is 6.07 Å². The molecule has 10 heteroatoms. The molecule has 0 amide bonds. The van der Waals surface area contributed by atoms with Gasteiger partial charge in [-0.25, -0.2) is 19.0 Å². The number of benzene rings is 1. The molecule has 0 saturated carbocycles. The average molecular weight is 461 g/mol. The monoisotopic (exact) mass is 460 g/mol. The Morgan fingerprint density at radius 1 is 1.10 bits per heavy atom. The van der Waals surface area contributed by atoms with Crippen LogP contribution in [-0.2, 0) is 16.1 Å². The molecular formula is C21H17FN2O5S2. The molecule has 1 aromatic carbocycles. The number of aromatic nitrogens is 2. The summed E-state index contributed by atoms with van der Waals surface area (Å²) >= 11 is 2.14. The second-order valence-electron chi connectivity index (χ2n) is 6.71. The number of carbonyl (C=O) groups is 2. The molecule has 0 aliphatic rings. The lowest BCUT2D eigenvalue weighted by Crippen LogP contribution is -2.11. The summed E-state index contributed by atoms with van der Waals surface area (Å²) in [4.78, 5) is 45.2. The number of esters is 2. The zero-order chi connectivity index (χ0) is 22.3. The third-order valence-electron chi connectivity index (χ3n) is 4.68. The van der Waals surface area contributed by atoms with Gasteiger partial charge >= 0.3 is 11.9 Å². The van der Waals surface area contributed by atoms with E-state index in [1.165, 1.54) is 6.07 Å². The molecule has 0 aliphatic carbocycles. The minimum Gasteiger partial charge on any atom is -0.462 e. The Morgan fingerprint density at radius 2 is 1.84 bits per heavy atom. The summed E-state index contributed by atoms with van der Waals surface area (Å²) < 4.78 is 25.6. The fourth-order valence-corrected chi connectivity index (χ4v) is 5.55. The van der Waals surface area contributed by atoms with Crippen LogP contribution >= 0.6 is 22.7 Å². The molecule has 0 unspecified atom stereocenters. The van der Waals surface area contributed by atoms with Crippen molar-refractivity contribution in [2.75, 3.05) is 6.61 Å². The molecule has 0 bridgehead atoms. The molecule has 4 rings (SSSR count). The maximum atomic E-state index is 14.5. The normalized spacial score (nSPS) is 11.2. The molecule has 0 aliphatic heterocycles. The summed E-state index contributed by atoms with van der Waals surface area (Å²) in [5, 5.41) is 0.562. The number of thiophene rings is 2. The van der Waals surface area contributed by atoms with Crippen LogP contribution in [0, 0.1) is 19.7 Å². The molecule has 3 heterocycles. The second kappa shape index (κ2) is 8.20. The molecule has 0 radical (unpaired) electrons. The minimum absolute atomic E-state index is 0.163. The Morgan fingerprint density at radius 3 is 2.58 bits per heavy atom. The predicted molar refractivity (Wildman–Crippen MR) is 117 cm³/mol. The summed E-state index contributed by atoms with van der Waals surface area (Å²) in [5.74, 6) is -1.35. The van der Waals surface area contributed by atoms with Crippen molar-refractivity contribution in [2.45, 2.75) is 27.4 Å². The van der Waals surface area contributed by atoms with Crippen molar-refractivity contribution in [3.8, 4) is 0 Å². The van der Waals surface area contributed by atoms with E-state index < -0.39 is 17.8 Å². The summed E-state index contributed by atoms with van der Waals surface area (Å²) in [6.45, 7) is 4.82. The summed E-state index contributed by atoms with van der Waals surface area (Å²) in [7, 11) is 0. The molecule has 0 spiro atoms. The van der Waals surface area contributed by atoms with Crippen molar-refractivity contribution in [3.05, 3.63) is 61.1 Å². The number of halogens is 1. The van der Waals surface area contributed by atoms with Gasteiger partial charge in [-0.05, 0) is 38.5 Å². The molecule has 7 nitrogen and oxygen atoms in total. The van der Waals surface area contributed by atoms with Gasteiger partial charge in [-0.3, -0.25) is 4.79 Å². The van der Waals surface area contributed by atoms with Gasteiger partial charge in [-0.15, -0.1) is 22.7 Å². The van der Waals surface area contributed by atoms with Crippen molar-refractivity contribution in [1.82, 2.24) is 9.97 Å². The standard InChI is InChI=1S/C21H17FN2O5S2/c1-4-28-21(27)17-11(15-12(22)6-5-7-13(15)30-17)8-29-20(26)16-9(2)14-18(25)23-10(3)24-19(14)31-16/h5-7H,4,8H2,1-3H3,(H,23,24,25). The molecule has 1 N–H and O–H groups in total. The van der Waals surface area contributed by atoms with Crippen molar-refractivity contribution in [2.24, 2.45) is 0 Å². The third kappa shape index (κ3) is 3.72. The molecular weight excluding hydrogens is 443 g/mol. The number of ether oxygens (including phenoxy) is 2. The quantitative estimate of drug-likeness (QED) is 0.441. The Kier molecular flexibility index (Phi) is 5.59. The van der Waals surface area contributed by atoms with Gasteiger partial charge in [0.1, 0.15) is 32.8 Å². The highest BCUT2D eigenvalue weighted by atomic mass is 32.1. The van der Waals surface area contributed by atoms with Crippen LogP contribution in [0.15, 0.2) is 23.0 Å². The first-order valence-electron chi connectivity index (χ1n) is 9.36. The molecule has 160 valence electrons. The van der Waals surface area contributed by atoms with E-state index in [2.05, 4.69) is 9.97 Å². The number of nitrogens with zero attached hydrogens (tertiary/aromatic N) is 1. The lowest BCUT2D eigenvalue weighted by molar-refractivity contribution is 0.0458. The second-order valence-corrected chi connectivity index (χ2v) is 8.76. The first-order valence-corrected chi connectivity index (χ1v) is 11.0. The first kappa shape index (κ1) is 21.1. The van der Waals surface area contributed by atoms with Crippen LogP contribution in [-0.4, -0.2) is 28.5 Å². The van der Waals surface area contributed by atoms with Crippen LogP contribution < -0.4 is 5.56 Å². The SMILES string of the molecule is CCOC(=O)c1sc2cccc(F)c2c1COC(=O)c1sc2nc(C)[nH]c(=O)c2c1C. The van der Waals surface area contributed by atoms with Crippen LogP contribution in [0.2, 0.25) is 0 Å². The summed E-state index contributed by atoms with van der Waals surface area (Å²) in [6.07, 6.45) is 0. The van der Waals surface area contributed by atoms with Crippen LogP contribution in [0.25, 0.3) is 20.3 Å². The summed E-state index contributed by atoms with van der Waals surface area (Å²) in [5.41, 5.74) is 0.395.